The number of sulfonamides is 1. The Morgan fingerprint density at radius 3 is 2.15 bits per heavy atom. The van der Waals surface area contributed by atoms with E-state index in [1.165, 1.54) is 25.3 Å². The molecule has 3 aromatic carbocycles. The van der Waals surface area contributed by atoms with Crippen LogP contribution in [0.2, 0.25) is 0 Å². The van der Waals surface area contributed by atoms with Gasteiger partial charge in [-0.3, -0.25) is 4.79 Å². The summed E-state index contributed by atoms with van der Waals surface area (Å²) in [6.45, 7) is 2.45. The molecule has 0 saturated heterocycles. The van der Waals surface area contributed by atoms with Gasteiger partial charge < -0.3 is 14.8 Å². The zero-order chi connectivity index (χ0) is 23.4. The molecule has 0 fully saturated rings. The minimum Gasteiger partial charge on any atom is -0.497 e. The van der Waals surface area contributed by atoms with E-state index in [0.29, 0.717) is 34.9 Å². The lowest BCUT2D eigenvalue weighted by atomic mass is 9.92. The molecule has 8 heteroatoms. The lowest BCUT2D eigenvalue weighted by molar-refractivity contribution is 0.103. The number of carbonyl (C=O) groups excluding carboxylic acids is 1. The van der Waals surface area contributed by atoms with E-state index < -0.39 is 10.0 Å². The van der Waals surface area contributed by atoms with Gasteiger partial charge in [0.25, 0.3) is 10.0 Å². The number of methoxy groups -OCH3 is 1. The van der Waals surface area contributed by atoms with Crippen molar-refractivity contribution in [1.29, 1.82) is 0 Å². The molecule has 0 heterocycles. The number of nitrogens with zero attached hydrogens (tertiary/aromatic N) is 1. The average molecular weight is 463 g/mol. The van der Waals surface area contributed by atoms with Gasteiger partial charge in [-0.25, -0.2) is 0 Å². The van der Waals surface area contributed by atoms with Crippen LogP contribution in [-0.4, -0.2) is 33.6 Å². The van der Waals surface area contributed by atoms with E-state index in [-0.39, 0.29) is 22.1 Å². The molecule has 0 atom stereocenters. The number of ether oxygens (including phenoxy) is 2. The molecular formula is C25H22N2O5S. The molecule has 4 rings (SSSR count). The molecule has 1 N–H and O–H groups in total. The molecule has 0 amide bonds. The van der Waals surface area contributed by atoms with Gasteiger partial charge in [-0.05, 0) is 61.5 Å². The van der Waals surface area contributed by atoms with Crippen LogP contribution in [0.15, 0.2) is 93.9 Å². The molecule has 3 aromatic rings. The maximum absolute atomic E-state index is 13.1. The third kappa shape index (κ3) is 4.80. The number of carbonyl (C=O) groups is 1. The molecule has 0 spiro atoms. The first kappa shape index (κ1) is 22.3. The van der Waals surface area contributed by atoms with Crippen molar-refractivity contribution in [3.05, 3.63) is 95.7 Å². The second kappa shape index (κ2) is 9.30. The van der Waals surface area contributed by atoms with Crippen LogP contribution in [0.5, 0.6) is 11.5 Å². The topological polar surface area (TPSA) is 94.1 Å². The van der Waals surface area contributed by atoms with Crippen molar-refractivity contribution in [2.75, 3.05) is 19.0 Å². The molecule has 0 aliphatic heterocycles. The summed E-state index contributed by atoms with van der Waals surface area (Å²) < 4.78 is 40.5. The van der Waals surface area contributed by atoms with Crippen LogP contribution in [0, 0.1) is 0 Å². The van der Waals surface area contributed by atoms with Crippen LogP contribution in [0.4, 0.5) is 5.69 Å². The number of allylic oxidation sites excluding steroid dienone is 2. The highest BCUT2D eigenvalue weighted by Gasteiger charge is 2.26. The number of Topliss-reactive ketones (excluding diaryl/α,β-unsaturated/α-hetero) is 1. The van der Waals surface area contributed by atoms with E-state index in [4.69, 9.17) is 9.47 Å². The van der Waals surface area contributed by atoms with Crippen molar-refractivity contribution >= 4 is 27.2 Å². The van der Waals surface area contributed by atoms with E-state index in [0.717, 1.165) is 0 Å². The number of rotatable bonds is 7. The third-order valence-corrected chi connectivity index (χ3v) is 6.30. The van der Waals surface area contributed by atoms with Gasteiger partial charge in [-0.1, -0.05) is 24.3 Å². The summed E-state index contributed by atoms with van der Waals surface area (Å²) in [4.78, 5) is 13.1. The summed E-state index contributed by atoms with van der Waals surface area (Å²) in [7, 11) is -2.52. The van der Waals surface area contributed by atoms with Crippen LogP contribution in [0.3, 0.4) is 0 Å². The zero-order valence-electron chi connectivity index (χ0n) is 18.1. The van der Waals surface area contributed by atoms with Gasteiger partial charge in [0.15, 0.2) is 0 Å². The number of fused-ring (bicyclic) bond motifs is 1. The summed E-state index contributed by atoms with van der Waals surface area (Å²) >= 11 is 0. The predicted molar refractivity (Wildman–Crippen MR) is 127 cm³/mol. The molecule has 7 nitrogen and oxygen atoms in total. The highest BCUT2D eigenvalue weighted by molar-refractivity contribution is 7.90. The van der Waals surface area contributed by atoms with Crippen molar-refractivity contribution in [2.45, 2.75) is 11.8 Å². The molecule has 0 bridgehead atoms. The van der Waals surface area contributed by atoms with Gasteiger partial charge >= 0.3 is 0 Å². The minimum atomic E-state index is -4.02. The third-order valence-electron chi connectivity index (χ3n) is 4.99. The van der Waals surface area contributed by atoms with Gasteiger partial charge in [0, 0.05) is 16.8 Å². The quantitative estimate of drug-likeness (QED) is 0.557. The molecule has 0 radical (unpaired) electrons. The van der Waals surface area contributed by atoms with Crippen LogP contribution in [0.1, 0.15) is 22.8 Å². The van der Waals surface area contributed by atoms with Crippen LogP contribution >= 0.6 is 0 Å². The van der Waals surface area contributed by atoms with Gasteiger partial charge in [0.05, 0.1) is 30.0 Å². The minimum absolute atomic E-state index is 0.0274. The van der Waals surface area contributed by atoms with Crippen molar-refractivity contribution in [3.8, 4) is 11.5 Å². The Morgan fingerprint density at radius 1 is 0.879 bits per heavy atom. The summed E-state index contributed by atoms with van der Waals surface area (Å²) in [5.74, 6) is 1.00. The van der Waals surface area contributed by atoms with Crippen LogP contribution in [-0.2, 0) is 10.0 Å². The number of hydrogen-bond donors (Lipinski definition) is 1. The number of ketones is 1. The summed E-state index contributed by atoms with van der Waals surface area (Å²) in [5.41, 5.74) is 1.89. The number of nitrogens with one attached hydrogen (secondary N) is 1. The highest BCUT2D eigenvalue weighted by Crippen LogP contribution is 2.26. The lowest BCUT2D eigenvalue weighted by Gasteiger charge is -2.19. The first-order valence-electron chi connectivity index (χ1n) is 10.3. The average Bonchev–Trinajstić information content (AvgIpc) is 2.83. The first-order chi connectivity index (χ1) is 15.9. The predicted octanol–water partition coefficient (Wildman–Crippen LogP) is 4.46. The Morgan fingerprint density at radius 2 is 1.52 bits per heavy atom. The molecule has 0 unspecified atom stereocenters. The van der Waals surface area contributed by atoms with Gasteiger partial charge in [-0.15, -0.1) is 0 Å². The number of anilines is 1. The normalized spacial score (nSPS) is 14.4. The second-order valence-corrected chi connectivity index (χ2v) is 8.75. The van der Waals surface area contributed by atoms with Crippen molar-refractivity contribution in [2.24, 2.45) is 4.40 Å². The Hall–Kier alpha value is -3.91. The number of hydrogen-bond acceptors (Lipinski definition) is 6. The van der Waals surface area contributed by atoms with Crippen molar-refractivity contribution < 1.29 is 22.7 Å². The first-order valence-corrected chi connectivity index (χ1v) is 11.7. The molecule has 0 aromatic heterocycles. The Balaban J connectivity index is 1.73. The fourth-order valence-corrected chi connectivity index (χ4v) is 4.38. The van der Waals surface area contributed by atoms with Gasteiger partial charge in [0.1, 0.15) is 11.5 Å². The van der Waals surface area contributed by atoms with E-state index >= 15 is 0 Å². The standard InChI is InChI=1S/C25H22N2O5S/c1-3-32-19-10-8-17(9-11-19)26-24-16-23(21-6-4-5-7-22(21)25(24)28)27-33(29,30)20-14-12-18(31-2)13-15-20/h4-16,26H,3H2,1-2H3/b27-23+. The molecule has 1 aliphatic rings. The van der Waals surface area contributed by atoms with E-state index in [1.54, 1.807) is 60.7 Å². The van der Waals surface area contributed by atoms with Crippen LogP contribution in [0.25, 0.3) is 0 Å². The highest BCUT2D eigenvalue weighted by atomic mass is 32.2. The molecular weight excluding hydrogens is 440 g/mol. The monoisotopic (exact) mass is 462 g/mol. The Labute approximate surface area is 192 Å². The lowest BCUT2D eigenvalue weighted by Crippen LogP contribution is -2.22. The van der Waals surface area contributed by atoms with Gasteiger partial charge in [-0.2, -0.15) is 12.8 Å². The largest absolute Gasteiger partial charge is 0.497 e. The maximum Gasteiger partial charge on any atom is 0.282 e. The molecule has 0 saturated carbocycles. The number of benzene rings is 3. The van der Waals surface area contributed by atoms with E-state index in [9.17, 15) is 13.2 Å². The van der Waals surface area contributed by atoms with Gasteiger partial charge in [0.2, 0.25) is 5.78 Å². The molecule has 1 aliphatic carbocycles. The zero-order valence-corrected chi connectivity index (χ0v) is 18.9. The summed E-state index contributed by atoms with van der Waals surface area (Å²) in [5, 5.41) is 3.08. The summed E-state index contributed by atoms with van der Waals surface area (Å²) in [6, 6.07) is 19.9. The van der Waals surface area contributed by atoms with E-state index in [2.05, 4.69) is 9.71 Å². The Bertz CT molecular complexity index is 1340. The van der Waals surface area contributed by atoms with Crippen molar-refractivity contribution in [3.63, 3.8) is 0 Å². The molecule has 168 valence electrons. The van der Waals surface area contributed by atoms with Crippen molar-refractivity contribution in [1.82, 2.24) is 0 Å². The smallest absolute Gasteiger partial charge is 0.282 e. The second-order valence-electron chi connectivity index (χ2n) is 7.14. The van der Waals surface area contributed by atoms with E-state index in [1.807, 2.05) is 6.92 Å². The maximum atomic E-state index is 13.1. The summed E-state index contributed by atoms with van der Waals surface area (Å²) in [6.07, 6.45) is 1.46. The fourth-order valence-electron chi connectivity index (χ4n) is 3.38. The fraction of sp³-hybridized carbons (Fsp3) is 0.120. The SMILES string of the molecule is CCOc1ccc(NC2=C/C(=N\S(=O)(=O)c3ccc(OC)cc3)c3ccccc3C2=O)cc1. The Kier molecular flexibility index (Phi) is 6.28. The van der Waals surface area contributed by atoms with Crippen LogP contribution < -0.4 is 14.8 Å². The molecule has 33 heavy (non-hydrogen) atoms.